The van der Waals surface area contributed by atoms with Crippen LogP contribution in [-0.4, -0.2) is 38.9 Å². The number of rotatable bonds is 8. The third kappa shape index (κ3) is 8.14. The van der Waals surface area contributed by atoms with Crippen LogP contribution in [-0.2, 0) is 43.3 Å². The monoisotopic (exact) mass is 694 g/mol. The number of amides is 1. The van der Waals surface area contributed by atoms with Crippen molar-refractivity contribution in [3.8, 4) is 0 Å². The molecule has 2 atom stereocenters. The van der Waals surface area contributed by atoms with Gasteiger partial charge in [-0.15, -0.1) is 5.10 Å². The summed E-state index contributed by atoms with van der Waals surface area (Å²) < 4.78 is 131. The van der Waals surface area contributed by atoms with E-state index in [1.165, 1.54) is 24.9 Å². The minimum absolute atomic E-state index is 0.00572. The van der Waals surface area contributed by atoms with Gasteiger partial charge in [0, 0.05) is 13.1 Å². The first-order valence-corrected chi connectivity index (χ1v) is 15.3. The third-order valence-electron chi connectivity index (χ3n) is 8.20. The molecule has 1 aromatic heterocycles. The molecule has 0 fully saturated rings. The molecular formula is C31H35F9N6O2. The Labute approximate surface area is 270 Å². The Balaban J connectivity index is 1.94. The average molecular weight is 695 g/mol. The summed E-state index contributed by atoms with van der Waals surface area (Å²) in [6.45, 7) is 6.26. The zero-order valence-electron chi connectivity index (χ0n) is 26.8. The number of nitrogens with zero attached hydrogens (tertiary/aromatic N) is 6. The highest BCUT2D eigenvalue weighted by atomic mass is 19.4. The fraction of sp³-hybridized carbons (Fsp3) is 0.548. The van der Waals surface area contributed by atoms with Crippen LogP contribution in [0.15, 0.2) is 30.3 Å². The molecule has 264 valence electrons. The lowest BCUT2D eigenvalue weighted by Gasteiger charge is -2.33. The minimum atomic E-state index is -5.11. The van der Waals surface area contributed by atoms with E-state index in [0.29, 0.717) is 18.6 Å². The normalized spacial score (nSPS) is 16.5. The first-order valence-electron chi connectivity index (χ1n) is 15.3. The topological polar surface area (TPSA) is 76.4 Å². The largest absolute Gasteiger partial charge is 0.446 e. The number of aryl methyl sites for hydroxylation is 2. The first-order chi connectivity index (χ1) is 22.2. The third-order valence-corrected chi connectivity index (χ3v) is 8.20. The van der Waals surface area contributed by atoms with E-state index in [2.05, 4.69) is 15.4 Å². The number of fused-ring (bicyclic) bond motifs is 1. The summed E-state index contributed by atoms with van der Waals surface area (Å²) in [6.07, 6.45) is -15.8. The van der Waals surface area contributed by atoms with Gasteiger partial charge in [0.25, 0.3) is 5.95 Å². The molecule has 0 saturated carbocycles. The second kappa shape index (κ2) is 13.8. The Bertz CT molecular complexity index is 1570. The Morgan fingerprint density at radius 3 is 2.06 bits per heavy atom. The molecule has 0 spiro atoms. The zero-order chi connectivity index (χ0) is 35.8. The van der Waals surface area contributed by atoms with Crippen LogP contribution < -0.4 is 9.80 Å². The number of ether oxygens (including phenoxy) is 1. The number of hydrogen-bond donors (Lipinski definition) is 0. The molecule has 0 saturated heterocycles. The molecule has 0 bridgehead atoms. The van der Waals surface area contributed by atoms with Crippen LogP contribution in [0.1, 0.15) is 86.4 Å². The van der Waals surface area contributed by atoms with Gasteiger partial charge in [-0.3, -0.25) is 4.90 Å². The molecule has 3 aromatic rings. The maximum atomic E-state index is 14.3. The van der Waals surface area contributed by atoms with E-state index in [0.717, 1.165) is 15.8 Å². The van der Waals surface area contributed by atoms with Crippen molar-refractivity contribution in [3.63, 3.8) is 0 Å². The molecule has 0 N–H and O–H groups in total. The van der Waals surface area contributed by atoms with Crippen LogP contribution in [0, 0.1) is 5.92 Å². The smallest absolute Gasteiger partial charge is 0.416 e. The van der Waals surface area contributed by atoms with Crippen molar-refractivity contribution in [2.24, 2.45) is 13.0 Å². The van der Waals surface area contributed by atoms with E-state index in [1.54, 1.807) is 6.92 Å². The number of tetrazole rings is 1. The molecule has 8 nitrogen and oxygen atoms in total. The molecular weight excluding hydrogens is 659 g/mol. The Hall–Kier alpha value is -4.05. The Morgan fingerprint density at radius 1 is 0.958 bits per heavy atom. The van der Waals surface area contributed by atoms with Gasteiger partial charge in [0.1, 0.15) is 6.10 Å². The molecule has 0 aliphatic carbocycles. The number of anilines is 2. The minimum Gasteiger partial charge on any atom is -0.446 e. The van der Waals surface area contributed by atoms with Gasteiger partial charge in [-0.05, 0) is 77.8 Å². The van der Waals surface area contributed by atoms with Crippen LogP contribution in [0.25, 0.3) is 0 Å². The maximum absolute atomic E-state index is 14.3. The van der Waals surface area contributed by atoms with Gasteiger partial charge in [0.05, 0.1) is 35.5 Å². The number of alkyl halides is 9. The summed E-state index contributed by atoms with van der Waals surface area (Å²) in [5.41, 5.74) is -4.57. The molecule has 2 heterocycles. The SMILES string of the molecule is CCc1cc2c(cc1C(F)(F)F)N(C(=O)OC(CC)C(C)C)CCCC2N(Cc1cc(C(F)(F)F)cc(C(F)(F)F)c1)c1nnn(C)n1. The number of hydrogen-bond acceptors (Lipinski definition) is 6. The van der Waals surface area contributed by atoms with E-state index < -0.39 is 65.6 Å². The van der Waals surface area contributed by atoms with Gasteiger partial charge < -0.3 is 9.64 Å². The van der Waals surface area contributed by atoms with E-state index in [9.17, 15) is 44.3 Å². The summed E-state index contributed by atoms with van der Waals surface area (Å²) in [4.78, 5) is 17.0. The van der Waals surface area contributed by atoms with Gasteiger partial charge >= 0.3 is 24.6 Å². The lowest BCUT2D eigenvalue weighted by Crippen LogP contribution is -2.37. The highest BCUT2D eigenvalue weighted by Gasteiger charge is 2.41. The van der Waals surface area contributed by atoms with Crippen molar-refractivity contribution in [2.75, 3.05) is 16.3 Å². The highest BCUT2D eigenvalue weighted by Crippen LogP contribution is 2.45. The molecule has 1 aliphatic heterocycles. The standard InChI is InChI=1S/C31H35F9N6O2/c1-6-19-13-22-24(9-8-10-45(25(22)15-23(19)31(38,39)40)28(47)48-26(7-2)17(3)4)46(27-41-43-44(5)42-27)16-18-11-20(29(32,33)34)14-21(12-18)30(35,36)37/h11-15,17,24,26H,6-10,16H2,1-5H3. The van der Waals surface area contributed by atoms with E-state index in [-0.39, 0.29) is 60.6 Å². The summed E-state index contributed by atoms with van der Waals surface area (Å²) >= 11 is 0. The fourth-order valence-electron chi connectivity index (χ4n) is 5.84. The van der Waals surface area contributed by atoms with Crippen LogP contribution >= 0.6 is 0 Å². The van der Waals surface area contributed by atoms with Crippen molar-refractivity contribution in [2.45, 2.75) is 90.6 Å². The molecule has 48 heavy (non-hydrogen) atoms. The van der Waals surface area contributed by atoms with Crippen molar-refractivity contribution >= 4 is 17.7 Å². The Morgan fingerprint density at radius 2 is 1.58 bits per heavy atom. The first kappa shape index (κ1) is 36.8. The van der Waals surface area contributed by atoms with Gasteiger partial charge in [-0.25, -0.2) is 4.79 Å². The maximum Gasteiger partial charge on any atom is 0.416 e. The molecule has 0 radical (unpaired) electrons. The molecule has 1 amide bonds. The predicted octanol–water partition coefficient (Wildman–Crippen LogP) is 8.75. The number of aromatic nitrogens is 4. The van der Waals surface area contributed by atoms with E-state index in [1.807, 2.05) is 13.8 Å². The van der Waals surface area contributed by atoms with Gasteiger partial charge in [0.2, 0.25) is 0 Å². The lowest BCUT2D eigenvalue weighted by molar-refractivity contribution is -0.143. The summed E-state index contributed by atoms with van der Waals surface area (Å²) in [5, 5.41) is 11.9. The quantitative estimate of drug-likeness (QED) is 0.220. The predicted molar refractivity (Wildman–Crippen MR) is 157 cm³/mol. The summed E-state index contributed by atoms with van der Waals surface area (Å²) in [5.74, 6) is -0.294. The summed E-state index contributed by atoms with van der Waals surface area (Å²) in [7, 11) is 1.39. The number of carbonyl (C=O) groups excluding carboxylic acids is 1. The fourth-order valence-corrected chi connectivity index (χ4v) is 5.84. The van der Waals surface area contributed by atoms with E-state index in [4.69, 9.17) is 4.74 Å². The Kier molecular flexibility index (Phi) is 10.6. The second-order valence-electron chi connectivity index (χ2n) is 11.9. The van der Waals surface area contributed by atoms with Crippen molar-refractivity contribution in [3.05, 3.63) is 63.7 Å². The molecule has 2 aromatic carbocycles. The van der Waals surface area contributed by atoms with Crippen molar-refractivity contribution < 1.29 is 49.0 Å². The molecule has 17 heteroatoms. The number of benzene rings is 2. The van der Waals surface area contributed by atoms with Crippen molar-refractivity contribution in [1.82, 2.24) is 20.2 Å². The lowest BCUT2D eigenvalue weighted by atomic mass is 9.93. The van der Waals surface area contributed by atoms with Crippen LogP contribution in [0.3, 0.4) is 0 Å². The highest BCUT2D eigenvalue weighted by molar-refractivity contribution is 5.89. The molecule has 2 unspecified atom stereocenters. The van der Waals surface area contributed by atoms with E-state index >= 15 is 0 Å². The van der Waals surface area contributed by atoms with Crippen LogP contribution in [0.5, 0.6) is 0 Å². The van der Waals surface area contributed by atoms with Crippen LogP contribution in [0.2, 0.25) is 0 Å². The van der Waals surface area contributed by atoms with Crippen molar-refractivity contribution in [1.29, 1.82) is 0 Å². The van der Waals surface area contributed by atoms with Gasteiger partial charge in [-0.1, -0.05) is 38.9 Å². The van der Waals surface area contributed by atoms with Crippen LogP contribution in [0.4, 0.5) is 55.9 Å². The molecule has 4 rings (SSSR count). The number of halogens is 9. The second-order valence-corrected chi connectivity index (χ2v) is 11.9. The zero-order valence-corrected chi connectivity index (χ0v) is 26.8. The summed E-state index contributed by atoms with van der Waals surface area (Å²) in [6, 6.07) is 2.25. The number of carbonyl (C=O) groups is 1. The average Bonchev–Trinajstić information content (AvgIpc) is 3.33. The van der Waals surface area contributed by atoms with Gasteiger partial charge in [-0.2, -0.15) is 44.3 Å². The van der Waals surface area contributed by atoms with Gasteiger partial charge in [0.15, 0.2) is 0 Å². The molecule has 1 aliphatic rings.